The molecule has 1 aliphatic rings. The molecule has 0 aliphatic carbocycles. The number of benzene rings is 3. The molecule has 5 rings (SSSR count). The van der Waals surface area contributed by atoms with Crippen molar-refractivity contribution in [3.63, 3.8) is 0 Å². The van der Waals surface area contributed by atoms with Crippen molar-refractivity contribution in [3.05, 3.63) is 69.4 Å². The number of nitriles is 1. The second-order valence-corrected chi connectivity index (χ2v) is 8.78. The van der Waals surface area contributed by atoms with Gasteiger partial charge in [0.1, 0.15) is 5.69 Å². The Bertz CT molecular complexity index is 1630. The fraction of sp³-hybridized carbons (Fsp3) is 0.231. The predicted octanol–water partition coefficient (Wildman–Crippen LogP) is 4.80. The van der Waals surface area contributed by atoms with E-state index < -0.39 is 22.9 Å². The summed E-state index contributed by atoms with van der Waals surface area (Å²) in [5.41, 5.74) is 2.07. The first-order valence-electron chi connectivity index (χ1n) is 11.2. The summed E-state index contributed by atoms with van der Waals surface area (Å²) in [4.78, 5) is 29.9. The number of carbonyl (C=O) groups is 1. The van der Waals surface area contributed by atoms with E-state index in [9.17, 15) is 20.2 Å². The minimum absolute atomic E-state index is 0.0730. The van der Waals surface area contributed by atoms with E-state index in [0.717, 1.165) is 5.39 Å². The van der Waals surface area contributed by atoms with Gasteiger partial charge in [-0.05, 0) is 46.7 Å². The molecular weight excluding hydrogens is 500 g/mol. The number of carbonyl (C=O) groups excluding carboxylic acids is 1. The summed E-state index contributed by atoms with van der Waals surface area (Å²) in [5, 5.41) is 23.6. The molecule has 11 heteroatoms. The lowest BCUT2D eigenvalue weighted by Gasteiger charge is -2.20. The molecule has 37 heavy (non-hydrogen) atoms. The summed E-state index contributed by atoms with van der Waals surface area (Å²) < 4.78 is 16.3. The number of H-pyrrole nitrogens is 1. The Kier molecular flexibility index (Phi) is 6.01. The van der Waals surface area contributed by atoms with Gasteiger partial charge in [-0.1, -0.05) is 12.1 Å². The SMILES string of the molecule is COc1cc2cc(C(=O)N3c4ccc5cc(C#N)ccc5c4C(CCl)C3[N+](=O)[O-])[nH]c2c(OC)c1OC. The van der Waals surface area contributed by atoms with Crippen molar-refractivity contribution in [1.82, 2.24) is 4.98 Å². The van der Waals surface area contributed by atoms with Gasteiger partial charge < -0.3 is 19.2 Å². The van der Waals surface area contributed by atoms with Crippen LogP contribution in [-0.4, -0.2) is 49.2 Å². The van der Waals surface area contributed by atoms with Crippen molar-refractivity contribution in [2.24, 2.45) is 0 Å². The highest BCUT2D eigenvalue weighted by Gasteiger charge is 2.50. The third kappa shape index (κ3) is 3.58. The molecule has 3 aromatic carbocycles. The van der Waals surface area contributed by atoms with Crippen molar-refractivity contribution in [1.29, 1.82) is 5.26 Å². The average Bonchev–Trinajstić information content (AvgIpc) is 3.50. The van der Waals surface area contributed by atoms with Gasteiger partial charge >= 0.3 is 6.17 Å². The maximum absolute atomic E-state index is 13.9. The molecule has 188 valence electrons. The van der Waals surface area contributed by atoms with Gasteiger partial charge in [-0.25, -0.2) is 4.90 Å². The normalized spacial score (nSPS) is 16.5. The van der Waals surface area contributed by atoms with E-state index in [2.05, 4.69) is 11.1 Å². The number of methoxy groups -OCH3 is 3. The highest BCUT2D eigenvalue weighted by molar-refractivity contribution is 6.19. The Morgan fingerprint density at radius 1 is 1.11 bits per heavy atom. The number of aromatic amines is 1. The maximum atomic E-state index is 13.9. The molecule has 0 spiro atoms. The zero-order valence-electron chi connectivity index (χ0n) is 20.1. The Labute approximate surface area is 216 Å². The van der Waals surface area contributed by atoms with Gasteiger partial charge in [0, 0.05) is 16.2 Å². The lowest BCUT2D eigenvalue weighted by molar-refractivity contribution is -0.521. The van der Waals surface area contributed by atoms with E-state index in [4.69, 9.17) is 25.8 Å². The third-order valence-electron chi connectivity index (χ3n) is 6.67. The van der Waals surface area contributed by atoms with E-state index >= 15 is 0 Å². The van der Waals surface area contributed by atoms with E-state index in [-0.39, 0.29) is 11.6 Å². The molecule has 1 aromatic heterocycles. The number of amides is 1. The van der Waals surface area contributed by atoms with Gasteiger partial charge in [-0.3, -0.25) is 14.9 Å². The number of nitro groups is 1. The summed E-state index contributed by atoms with van der Waals surface area (Å²) in [5.74, 6) is -0.341. The van der Waals surface area contributed by atoms with E-state index in [1.807, 2.05) is 0 Å². The highest BCUT2D eigenvalue weighted by Crippen LogP contribution is 2.47. The molecular formula is C26H21ClN4O6. The fourth-order valence-corrected chi connectivity index (χ4v) is 5.41. The van der Waals surface area contributed by atoms with Crippen LogP contribution in [0.3, 0.4) is 0 Å². The molecule has 2 atom stereocenters. The lowest BCUT2D eigenvalue weighted by atomic mass is 9.94. The average molecular weight is 521 g/mol. The number of fused-ring (bicyclic) bond motifs is 4. The Balaban J connectivity index is 1.70. The predicted molar refractivity (Wildman–Crippen MR) is 138 cm³/mol. The first-order chi connectivity index (χ1) is 17.9. The zero-order chi connectivity index (χ0) is 26.4. The number of nitrogens with one attached hydrogen (secondary N) is 1. The van der Waals surface area contributed by atoms with Gasteiger partial charge in [0.2, 0.25) is 5.75 Å². The van der Waals surface area contributed by atoms with Crippen molar-refractivity contribution >= 4 is 44.9 Å². The molecule has 2 heterocycles. The van der Waals surface area contributed by atoms with Crippen molar-refractivity contribution in [2.75, 3.05) is 32.1 Å². The molecule has 1 N–H and O–H groups in total. The minimum atomic E-state index is -1.42. The van der Waals surface area contributed by atoms with Gasteiger partial charge in [0.25, 0.3) is 5.91 Å². The number of rotatable bonds is 6. The topological polar surface area (TPSA) is 131 Å². The zero-order valence-corrected chi connectivity index (χ0v) is 20.8. The van der Waals surface area contributed by atoms with Crippen molar-refractivity contribution < 1.29 is 23.9 Å². The van der Waals surface area contributed by atoms with Crippen LogP contribution in [0, 0.1) is 21.4 Å². The molecule has 4 aromatic rings. The molecule has 0 bridgehead atoms. The van der Waals surface area contributed by atoms with Crippen LogP contribution < -0.4 is 19.1 Å². The number of ether oxygens (including phenoxy) is 3. The summed E-state index contributed by atoms with van der Waals surface area (Å²) in [7, 11) is 4.42. The lowest BCUT2D eigenvalue weighted by Crippen LogP contribution is -2.44. The van der Waals surface area contributed by atoms with Crippen LogP contribution in [0.2, 0.25) is 0 Å². The first-order valence-corrected chi connectivity index (χ1v) is 11.7. The molecule has 0 saturated heterocycles. The minimum Gasteiger partial charge on any atom is -0.493 e. The number of halogens is 1. The molecule has 1 aliphatic heterocycles. The second kappa shape index (κ2) is 9.19. The largest absolute Gasteiger partial charge is 0.493 e. The number of alkyl halides is 1. The van der Waals surface area contributed by atoms with Crippen LogP contribution in [0.25, 0.3) is 21.7 Å². The number of anilines is 1. The molecule has 0 fully saturated rings. The van der Waals surface area contributed by atoms with Gasteiger partial charge in [0.05, 0.1) is 50.1 Å². The Hall–Kier alpha value is -4.49. The summed E-state index contributed by atoms with van der Waals surface area (Å²) in [6.07, 6.45) is -1.42. The number of hydrogen-bond acceptors (Lipinski definition) is 7. The second-order valence-electron chi connectivity index (χ2n) is 8.47. The third-order valence-corrected chi connectivity index (χ3v) is 7.01. The van der Waals surface area contributed by atoms with Gasteiger partial charge in [-0.15, -0.1) is 11.6 Å². The molecule has 0 radical (unpaired) electrons. The van der Waals surface area contributed by atoms with Crippen LogP contribution in [0.4, 0.5) is 5.69 Å². The van der Waals surface area contributed by atoms with Crippen LogP contribution in [0.5, 0.6) is 17.2 Å². The summed E-state index contributed by atoms with van der Waals surface area (Å²) in [6.45, 7) is 0. The van der Waals surface area contributed by atoms with E-state index in [0.29, 0.717) is 50.4 Å². The number of aromatic nitrogens is 1. The quantitative estimate of drug-likeness (QED) is 0.219. The first kappa shape index (κ1) is 24.2. The number of nitrogens with zero attached hydrogens (tertiary/aromatic N) is 3. The Morgan fingerprint density at radius 2 is 1.86 bits per heavy atom. The van der Waals surface area contributed by atoms with E-state index in [1.54, 1.807) is 42.5 Å². The Morgan fingerprint density at radius 3 is 2.49 bits per heavy atom. The number of hydrogen-bond donors (Lipinski definition) is 1. The van der Waals surface area contributed by atoms with Crippen LogP contribution >= 0.6 is 11.6 Å². The smallest absolute Gasteiger partial charge is 0.301 e. The fourth-order valence-electron chi connectivity index (χ4n) is 5.10. The molecule has 10 nitrogen and oxygen atoms in total. The van der Waals surface area contributed by atoms with Crippen LogP contribution in [-0.2, 0) is 0 Å². The van der Waals surface area contributed by atoms with Gasteiger partial charge in [0.15, 0.2) is 11.5 Å². The molecule has 2 unspecified atom stereocenters. The maximum Gasteiger partial charge on any atom is 0.301 e. The van der Waals surface area contributed by atoms with Crippen LogP contribution in [0.15, 0.2) is 42.5 Å². The summed E-state index contributed by atoms with van der Waals surface area (Å²) >= 11 is 6.27. The summed E-state index contributed by atoms with van der Waals surface area (Å²) in [6, 6.07) is 13.9. The monoisotopic (exact) mass is 520 g/mol. The van der Waals surface area contributed by atoms with Crippen molar-refractivity contribution in [3.8, 4) is 23.3 Å². The molecule has 0 saturated carbocycles. The standard InChI is InChI=1S/C26H21ClN4O6/c1-35-20-10-15-9-18(29-22(15)24(37-3)23(20)36-2)26(32)30-19-7-5-14-8-13(12-28)4-6-16(14)21(19)17(11-27)25(30)31(33)34/h4-10,17,25,29H,11H2,1-3H3. The molecule has 1 amide bonds. The highest BCUT2D eigenvalue weighted by atomic mass is 35.5. The van der Waals surface area contributed by atoms with Crippen LogP contribution in [0.1, 0.15) is 27.5 Å². The van der Waals surface area contributed by atoms with Crippen molar-refractivity contribution in [2.45, 2.75) is 12.1 Å². The van der Waals surface area contributed by atoms with Gasteiger partial charge in [-0.2, -0.15) is 5.26 Å². The van der Waals surface area contributed by atoms with E-state index in [1.165, 1.54) is 26.2 Å².